The van der Waals surface area contributed by atoms with E-state index in [9.17, 15) is 5.11 Å². The van der Waals surface area contributed by atoms with Gasteiger partial charge in [-0.3, -0.25) is 5.41 Å². The zero-order valence-corrected chi connectivity index (χ0v) is 12.4. The first-order valence-corrected chi connectivity index (χ1v) is 7.52. The van der Waals surface area contributed by atoms with E-state index in [0.29, 0.717) is 23.2 Å². The Morgan fingerprint density at radius 3 is 2.60 bits per heavy atom. The van der Waals surface area contributed by atoms with Gasteiger partial charge in [-0.2, -0.15) is 0 Å². The van der Waals surface area contributed by atoms with Crippen LogP contribution in [0.4, 0.5) is 5.69 Å². The lowest BCUT2D eigenvalue weighted by Gasteiger charge is -2.36. The number of amidine groups is 1. The normalized spacial score (nSPS) is 16.1. The molecule has 20 heavy (non-hydrogen) atoms. The Bertz CT molecular complexity index is 472. The molecule has 1 aliphatic rings. The molecule has 1 saturated carbocycles. The molecule has 2 rings (SSSR count). The Kier molecular flexibility index (Phi) is 5.26. The van der Waals surface area contributed by atoms with Crippen LogP contribution in [-0.4, -0.2) is 30.1 Å². The summed E-state index contributed by atoms with van der Waals surface area (Å²) in [5.74, 6) is -0.0204. The topological polar surface area (TPSA) is 73.3 Å². The summed E-state index contributed by atoms with van der Waals surface area (Å²) in [6.45, 7) is 0.739. The first kappa shape index (κ1) is 15.1. The highest BCUT2D eigenvalue weighted by atomic mass is 35.5. The summed E-state index contributed by atoms with van der Waals surface area (Å²) in [4.78, 5) is 2.23. The molecule has 0 unspecified atom stereocenters. The summed E-state index contributed by atoms with van der Waals surface area (Å²) >= 11 is 6.20. The molecule has 0 radical (unpaired) electrons. The third-order valence-corrected chi connectivity index (χ3v) is 4.24. The van der Waals surface area contributed by atoms with Gasteiger partial charge in [-0.15, -0.1) is 0 Å². The molecule has 1 aromatic rings. The molecule has 0 atom stereocenters. The van der Waals surface area contributed by atoms with Crippen molar-refractivity contribution in [2.45, 2.75) is 38.1 Å². The van der Waals surface area contributed by atoms with Crippen molar-refractivity contribution in [1.82, 2.24) is 0 Å². The number of anilines is 1. The van der Waals surface area contributed by atoms with E-state index in [-0.39, 0.29) is 12.4 Å². The van der Waals surface area contributed by atoms with Gasteiger partial charge in [0.25, 0.3) is 0 Å². The van der Waals surface area contributed by atoms with Crippen LogP contribution in [-0.2, 0) is 0 Å². The van der Waals surface area contributed by atoms with Gasteiger partial charge in [0, 0.05) is 23.8 Å². The van der Waals surface area contributed by atoms with Gasteiger partial charge in [-0.25, -0.2) is 0 Å². The average molecular weight is 296 g/mol. The second kappa shape index (κ2) is 6.95. The minimum Gasteiger partial charge on any atom is -0.395 e. The molecule has 4 nitrogen and oxygen atoms in total. The molecule has 0 spiro atoms. The fraction of sp³-hybridized carbons (Fsp3) is 0.533. The quantitative estimate of drug-likeness (QED) is 0.578. The molecule has 0 heterocycles. The van der Waals surface area contributed by atoms with Crippen molar-refractivity contribution >= 4 is 23.1 Å². The summed E-state index contributed by atoms with van der Waals surface area (Å²) in [5, 5.41) is 17.3. The van der Waals surface area contributed by atoms with E-state index in [4.69, 9.17) is 22.7 Å². The fourth-order valence-electron chi connectivity index (χ4n) is 2.92. The van der Waals surface area contributed by atoms with E-state index in [1.807, 2.05) is 12.1 Å². The van der Waals surface area contributed by atoms with Gasteiger partial charge < -0.3 is 15.7 Å². The summed E-state index contributed by atoms with van der Waals surface area (Å²) < 4.78 is 0. The largest absolute Gasteiger partial charge is 0.395 e. The molecular weight excluding hydrogens is 274 g/mol. The standard InChI is InChI=1S/C15H22ClN3O/c16-14-10-12(6-7-13(14)15(17)18)19(8-9-20)11-4-2-1-3-5-11/h6-7,10-11,20H,1-5,8-9H2,(H3,17,18). The Labute approximate surface area is 125 Å². The Morgan fingerprint density at radius 1 is 1.35 bits per heavy atom. The number of benzene rings is 1. The molecule has 4 N–H and O–H groups in total. The maximum atomic E-state index is 9.31. The third kappa shape index (κ3) is 3.44. The van der Waals surface area contributed by atoms with Gasteiger partial charge in [-0.1, -0.05) is 30.9 Å². The molecule has 1 aromatic carbocycles. The van der Waals surface area contributed by atoms with E-state index in [0.717, 1.165) is 18.5 Å². The number of hydrogen-bond acceptors (Lipinski definition) is 3. The lowest BCUT2D eigenvalue weighted by atomic mass is 9.93. The van der Waals surface area contributed by atoms with Crippen molar-refractivity contribution in [2.75, 3.05) is 18.1 Å². The summed E-state index contributed by atoms with van der Waals surface area (Å²) in [7, 11) is 0. The van der Waals surface area contributed by atoms with Crippen LogP contribution in [0.3, 0.4) is 0 Å². The van der Waals surface area contributed by atoms with E-state index in [2.05, 4.69) is 4.90 Å². The summed E-state index contributed by atoms with van der Waals surface area (Å²) in [5.41, 5.74) is 7.05. The average Bonchev–Trinajstić information content (AvgIpc) is 2.45. The van der Waals surface area contributed by atoms with E-state index < -0.39 is 0 Å². The minimum atomic E-state index is -0.0204. The summed E-state index contributed by atoms with van der Waals surface area (Å²) in [6.07, 6.45) is 6.10. The van der Waals surface area contributed by atoms with Crippen molar-refractivity contribution in [3.8, 4) is 0 Å². The number of nitrogens with zero attached hydrogens (tertiary/aromatic N) is 1. The van der Waals surface area contributed by atoms with Crippen LogP contribution in [0.2, 0.25) is 5.02 Å². The maximum Gasteiger partial charge on any atom is 0.124 e. The van der Waals surface area contributed by atoms with Crippen LogP contribution >= 0.6 is 11.6 Å². The number of aliphatic hydroxyl groups excluding tert-OH is 1. The van der Waals surface area contributed by atoms with Crippen LogP contribution < -0.4 is 10.6 Å². The van der Waals surface area contributed by atoms with Crippen LogP contribution in [0.5, 0.6) is 0 Å². The van der Waals surface area contributed by atoms with E-state index in [1.54, 1.807) is 6.07 Å². The zero-order valence-electron chi connectivity index (χ0n) is 11.6. The first-order chi connectivity index (χ1) is 9.63. The molecule has 0 aromatic heterocycles. The van der Waals surface area contributed by atoms with Gasteiger partial charge in [0.15, 0.2) is 0 Å². The molecule has 0 aliphatic heterocycles. The number of nitrogens with one attached hydrogen (secondary N) is 1. The van der Waals surface area contributed by atoms with Gasteiger partial charge in [0.1, 0.15) is 5.84 Å². The number of rotatable bonds is 5. The van der Waals surface area contributed by atoms with Gasteiger partial charge >= 0.3 is 0 Å². The number of nitrogens with two attached hydrogens (primary N) is 1. The van der Waals surface area contributed by atoms with Crippen molar-refractivity contribution in [3.05, 3.63) is 28.8 Å². The minimum absolute atomic E-state index is 0.0204. The van der Waals surface area contributed by atoms with Crippen LogP contribution in [0.15, 0.2) is 18.2 Å². The van der Waals surface area contributed by atoms with Crippen molar-refractivity contribution in [1.29, 1.82) is 5.41 Å². The van der Waals surface area contributed by atoms with Gasteiger partial charge in [0.2, 0.25) is 0 Å². The number of halogens is 1. The van der Waals surface area contributed by atoms with Crippen molar-refractivity contribution in [3.63, 3.8) is 0 Å². The molecule has 0 amide bonds. The fourth-order valence-corrected chi connectivity index (χ4v) is 3.20. The predicted octanol–water partition coefficient (Wildman–Crippen LogP) is 2.76. The van der Waals surface area contributed by atoms with E-state index in [1.165, 1.54) is 19.3 Å². The molecule has 5 heteroatoms. The molecule has 0 bridgehead atoms. The van der Waals surface area contributed by atoms with Crippen LogP contribution in [0.25, 0.3) is 0 Å². The predicted molar refractivity (Wildman–Crippen MR) is 83.8 cm³/mol. The third-order valence-electron chi connectivity index (χ3n) is 3.93. The SMILES string of the molecule is N=C(N)c1ccc(N(CCO)C2CCCCC2)cc1Cl. The Hall–Kier alpha value is -1.26. The monoisotopic (exact) mass is 295 g/mol. The first-order valence-electron chi connectivity index (χ1n) is 7.15. The van der Waals surface area contributed by atoms with Gasteiger partial charge in [0.05, 0.1) is 11.6 Å². The van der Waals surface area contributed by atoms with Crippen LogP contribution in [0.1, 0.15) is 37.7 Å². The zero-order chi connectivity index (χ0) is 14.5. The molecule has 1 fully saturated rings. The lowest BCUT2D eigenvalue weighted by molar-refractivity contribution is 0.290. The number of aliphatic hydroxyl groups is 1. The van der Waals surface area contributed by atoms with Gasteiger partial charge in [-0.05, 0) is 31.0 Å². The maximum absolute atomic E-state index is 9.31. The smallest absolute Gasteiger partial charge is 0.124 e. The van der Waals surface area contributed by atoms with Crippen molar-refractivity contribution < 1.29 is 5.11 Å². The van der Waals surface area contributed by atoms with Crippen molar-refractivity contribution in [2.24, 2.45) is 5.73 Å². The Balaban J connectivity index is 2.24. The molecule has 0 saturated heterocycles. The Morgan fingerprint density at radius 2 is 2.05 bits per heavy atom. The second-order valence-electron chi connectivity index (χ2n) is 5.29. The number of nitrogen functional groups attached to an aromatic ring is 1. The highest BCUT2D eigenvalue weighted by Gasteiger charge is 2.21. The molecular formula is C15H22ClN3O. The lowest BCUT2D eigenvalue weighted by Crippen LogP contribution is -2.38. The second-order valence-corrected chi connectivity index (χ2v) is 5.69. The summed E-state index contributed by atoms with van der Waals surface area (Å²) in [6, 6.07) is 6.04. The molecule has 110 valence electrons. The highest BCUT2D eigenvalue weighted by molar-refractivity contribution is 6.34. The molecule has 1 aliphatic carbocycles. The highest BCUT2D eigenvalue weighted by Crippen LogP contribution is 2.30. The number of hydrogen-bond donors (Lipinski definition) is 3. The van der Waals surface area contributed by atoms with Crippen LogP contribution in [0, 0.1) is 5.41 Å². The van der Waals surface area contributed by atoms with E-state index >= 15 is 0 Å².